The lowest BCUT2D eigenvalue weighted by Gasteiger charge is -2.07. The maximum atomic E-state index is 11.7. The van der Waals surface area contributed by atoms with Gasteiger partial charge >= 0.3 is 0 Å². The molecule has 2 nitrogen and oxygen atoms in total. The Bertz CT molecular complexity index is 349. The van der Waals surface area contributed by atoms with Crippen molar-refractivity contribution in [3.8, 4) is 0 Å². The summed E-state index contributed by atoms with van der Waals surface area (Å²) >= 11 is 0. The molecule has 80 valence electrons. The minimum Gasteiger partial charge on any atom is -0.349 e. The van der Waals surface area contributed by atoms with E-state index in [1.807, 2.05) is 24.3 Å². The maximum Gasteiger partial charge on any atom is 0.251 e. The first-order chi connectivity index (χ1) is 7.16. The zero-order valence-corrected chi connectivity index (χ0v) is 9.29. The van der Waals surface area contributed by atoms with E-state index >= 15 is 0 Å². The van der Waals surface area contributed by atoms with Crippen LogP contribution in [0.4, 0.5) is 0 Å². The number of benzene rings is 1. The molecule has 1 aliphatic rings. The smallest absolute Gasteiger partial charge is 0.251 e. The number of hydrogen-bond donors (Lipinski definition) is 1. The van der Waals surface area contributed by atoms with E-state index in [2.05, 4.69) is 19.2 Å². The summed E-state index contributed by atoms with van der Waals surface area (Å²) in [4.78, 5) is 11.7. The third-order valence-electron chi connectivity index (χ3n) is 2.75. The van der Waals surface area contributed by atoms with E-state index in [-0.39, 0.29) is 5.91 Å². The first-order valence-electron chi connectivity index (χ1n) is 5.57. The van der Waals surface area contributed by atoms with Gasteiger partial charge in [-0.1, -0.05) is 26.0 Å². The third kappa shape index (κ3) is 2.58. The van der Waals surface area contributed by atoms with Crippen molar-refractivity contribution >= 4 is 5.91 Å². The van der Waals surface area contributed by atoms with Crippen LogP contribution in [0.1, 0.15) is 48.5 Å². The van der Waals surface area contributed by atoms with E-state index in [1.54, 1.807) is 0 Å². The molecule has 1 fully saturated rings. The van der Waals surface area contributed by atoms with Gasteiger partial charge in [0.25, 0.3) is 5.91 Å². The zero-order valence-electron chi connectivity index (χ0n) is 9.29. The van der Waals surface area contributed by atoms with Gasteiger partial charge in [0.05, 0.1) is 0 Å². The highest BCUT2D eigenvalue weighted by Crippen LogP contribution is 2.20. The van der Waals surface area contributed by atoms with Gasteiger partial charge in [0.15, 0.2) is 0 Å². The van der Waals surface area contributed by atoms with Crippen molar-refractivity contribution in [3.63, 3.8) is 0 Å². The highest BCUT2D eigenvalue weighted by molar-refractivity contribution is 5.94. The Morgan fingerprint density at radius 3 is 2.33 bits per heavy atom. The lowest BCUT2D eigenvalue weighted by Crippen LogP contribution is -2.25. The zero-order chi connectivity index (χ0) is 10.8. The number of carbonyl (C=O) groups excluding carboxylic acids is 1. The van der Waals surface area contributed by atoms with E-state index in [9.17, 15) is 4.79 Å². The molecule has 1 N–H and O–H groups in total. The van der Waals surface area contributed by atoms with E-state index < -0.39 is 0 Å². The van der Waals surface area contributed by atoms with Crippen LogP contribution in [-0.4, -0.2) is 11.9 Å². The van der Waals surface area contributed by atoms with Gasteiger partial charge in [-0.05, 0) is 36.5 Å². The number of carbonyl (C=O) groups is 1. The fourth-order valence-electron chi connectivity index (χ4n) is 1.52. The van der Waals surface area contributed by atoms with Crippen molar-refractivity contribution in [2.24, 2.45) is 0 Å². The molecule has 2 heteroatoms. The summed E-state index contributed by atoms with van der Waals surface area (Å²) in [6.45, 7) is 4.30. The number of hydrogen-bond acceptors (Lipinski definition) is 1. The molecule has 1 aromatic rings. The number of amides is 1. The van der Waals surface area contributed by atoms with Gasteiger partial charge in [0.1, 0.15) is 0 Å². The highest BCUT2D eigenvalue weighted by Gasteiger charge is 2.23. The first kappa shape index (κ1) is 10.2. The minimum atomic E-state index is 0.0628. The summed E-state index contributed by atoms with van der Waals surface area (Å²) in [5.41, 5.74) is 2.05. The molecule has 0 atom stereocenters. The molecule has 0 heterocycles. The summed E-state index contributed by atoms with van der Waals surface area (Å²) < 4.78 is 0. The van der Waals surface area contributed by atoms with E-state index in [4.69, 9.17) is 0 Å². The fourth-order valence-corrected chi connectivity index (χ4v) is 1.52. The average molecular weight is 203 g/mol. The van der Waals surface area contributed by atoms with Crippen LogP contribution in [0.2, 0.25) is 0 Å². The molecule has 0 spiro atoms. The van der Waals surface area contributed by atoms with Crippen molar-refractivity contribution in [2.45, 2.75) is 38.6 Å². The molecule has 0 unspecified atom stereocenters. The molecule has 0 saturated heterocycles. The Hall–Kier alpha value is -1.31. The van der Waals surface area contributed by atoms with Crippen molar-refractivity contribution in [2.75, 3.05) is 0 Å². The van der Waals surface area contributed by atoms with Gasteiger partial charge < -0.3 is 5.32 Å². The van der Waals surface area contributed by atoms with E-state index in [0.29, 0.717) is 12.0 Å². The van der Waals surface area contributed by atoms with Gasteiger partial charge in [0, 0.05) is 11.6 Å². The Morgan fingerprint density at radius 1 is 1.27 bits per heavy atom. The minimum absolute atomic E-state index is 0.0628. The normalized spacial score (nSPS) is 15.4. The Morgan fingerprint density at radius 2 is 1.87 bits per heavy atom. The standard InChI is InChI=1S/C13H17NO/c1-9(2)10-3-5-11(6-4-10)13(15)14-12-7-8-12/h3-6,9,12H,7-8H2,1-2H3,(H,14,15). The summed E-state index contributed by atoms with van der Waals surface area (Å²) in [5, 5.41) is 2.98. The predicted octanol–water partition coefficient (Wildman–Crippen LogP) is 2.70. The summed E-state index contributed by atoms with van der Waals surface area (Å²) in [6.07, 6.45) is 2.27. The van der Waals surface area contributed by atoms with Crippen LogP contribution in [0.3, 0.4) is 0 Å². The molecule has 0 bridgehead atoms. The van der Waals surface area contributed by atoms with Gasteiger partial charge in [0.2, 0.25) is 0 Å². The summed E-state index contributed by atoms with van der Waals surface area (Å²) in [6, 6.07) is 8.32. The van der Waals surface area contributed by atoms with Crippen molar-refractivity contribution < 1.29 is 4.79 Å². The van der Waals surface area contributed by atoms with E-state index in [0.717, 1.165) is 18.4 Å². The van der Waals surface area contributed by atoms with Crippen LogP contribution in [0, 0.1) is 0 Å². The molecule has 1 amide bonds. The maximum absolute atomic E-state index is 11.7. The van der Waals surface area contributed by atoms with Crippen LogP contribution < -0.4 is 5.32 Å². The quantitative estimate of drug-likeness (QED) is 0.804. The molecule has 1 aromatic carbocycles. The summed E-state index contributed by atoms with van der Waals surface area (Å²) in [5.74, 6) is 0.582. The highest BCUT2D eigenvalue weighted by atomic mass is 16.1. The molecule has 0 radical (unpaired) electrons. The molecule has 2 rings (SSSR count). The number of rotatable bonds is 3. The van der Waals surface area contributed by atoms with Gasteiger partial charge in [-0.3, -0.25) is 4.79 Å². The second kappa shape index (κ2) is 4.05. The van der Waals surface area contributed by atoms with Gasteiger partial charge in [-0.15, -0.1) is 0 Å². The van der Waals surface area contributed by atoms with Gasteiger partial charge in [-0.25, -0.2) is 0 Å². The van der Waals surface area contributed by atoms with Crippen LogP contribution in [0.15, 0.2) is 24.3 Å². The first-order valence-corrected chi connectivity index (χ1v) is 5.57. The second-order valence-electron chi connectivity index (χ2n) is 4.52. The van der Waals surface area contributed by atoms with Crippen LogP contribution in [-0.2, 0) is 0 Å². The topological polar surface area (TPSA) is 29.1 Å². The fraction of sp³-hybridized carbons (Fsp3) is 0.462. The molecule has 0 aromatic heterocycles. The van der Waals surface area contributed by atoms with Crippen LogP contribution in [0.5, 0.6) is 0 Å². The monoisotopic (exact) mass is 203 g/mol. The molecular weight excluding hydrogens is 186 g/mol. The summed E-state index contributed by atoms with van der Waals surface area (Å²) in [7, 11) is 0. The van der Waals surface area contributed by atoms with Crippen molar-refractivity contribution in [3.05, 3.63) is 35.4 Å². The van der Waals surface area contributed by atoms with Crippen LogP contribution >= 0.6 is 0 Å². The largest absolute Gasteiger partial charge is 0.349 e. The third-order valence-corrected chi connectivity index (χ3v) is 2.75. The van der Waals surface area contributed by atoms with E-state index in [1.165, 1.54) is 5.56 Å². The lowest BCUT2D eigenvalue weighted by molar-refractivity contribution is 0.0951. The molecule has 0 aliphatic heterocycles. The SMILES string of the molecule is CC(C)c1ccc(C(=O)NC2CC2)cc1. The Labute approximate surface area is 90.7 Å². The number of nitrogens with one attached hydrogen (secondary N) is 1. The molecule has 15 heavy (non-hydrogen) atoms. The van der Waals surface area contributed by atoms with Crippen LogP contribution in [0.25, 0.3) is 0 Å². The van der Waals surface area contributed by atoms with Crippen molar-refractivity contribution in [1.82, 2.24) is 5.32 Å². The van der Waals surface area contributed by atoms with Gasteiger partial charge in [-0.2, -0.15) is 0 Å². The second-order valence-corrected chi connectivity index (χ2v) is 4.52. The molecule has 1 saturated carbocycles. The Kier molecular flexibility index (Phi) is 2.76. The van der Waals surface area contributed by atoms with Crippen molar-refractivity contribution in [1.29, 1.82) is 0 Å². The molecular formula is C13H17NO. The Balaban J connectivity index is 2.04. The molecule has 1 aliphatic carbocycles. The predicted molar refractivity (Wildman–Crippen MR) is 61.0 cm³/mol. The average Bonchev–Trinajstić information content (AvgIpc) is 3.02. The lowest BCUT2D eigenvalue weighted by atomic mass is 10.0.